The Bertz CT molecular complexity index is 404. The van der Waals surface area contributed by atoms with E-state index in [9.17, 15) is 13.2 Å². The van der Waals surface area contributed by atoms with Crippen LogP contribution in [0.4, 0.5) is 13.2 Å². The van der Waals surface area contributed by atoms with E-state index in [0.717, 1.165) is 17.7 Å². The normalized spacial score (nSPS) is 13.1. The van der Waals surface area contributed by atoms with Crippen molar-refractivity contribution in [1.82, 2.24) is 5.43 Å². The second-order valence-corrected chi connectivity index (χ2v) is 4.01. The fourth-order valence-corrected chi connectivity index (χ4v) is 1.62. The molecule has 0 saturated carbocycles. The fraction of sp³-hybridized carbons (Fsp3) is 0.385. The van der Waals surface area contributed by atoms with Crippen molar-refractivity contribution in [3.05, 3.63) is 35.4 Å². The Kier molecular flexibility index (Phi) is 5.20. The number of halogens is 3. The number of rotatable bonds is 5. The van der Waals surface area contributed by atoms with Gasteiger partial charge < -0.3 is 0 Å². The van der Waals surface area contributed by atoms with Crippen LogP contribution in [-0.2, 0) is 12.6 Å². The van der Waals surface area contributed by atoms with Crippen LogP contribution in [0.15, 0.2) is 24.3 Å². The van der Waals surface area contributed by atoms with Gasteiger partial charge in [-0.1, -0.05) is 12.1 Å². The van der Waals surface area contributed by atoms with E-state index in [0.29, 0.717) is 19.3 Å². The SMILES string of the molecule is C#CCCC(Cc1ccc(C(F)(F)F)cc1)NN. The minimum atomic E-state index is -4.30. The predicted molar refractivity (Wildman–Crippen MR) is 64.3 cm³/mol. The Hall–Kier alpha value is -1.51. The summed E-state index contributed by atoms with van der Waals surface area (Å²) < 4.78 is 37.1. The summed E-state index contributed by atoms with van der Waals surface area (Å²) in [5.74, 6) is 7.86. The summed E-state index contributed by atoms with van der Waals surface area (Å²) in [5, 5.41) is 0. The van der Waals surface area contributed by atoms with E-state index < -0.39 is 11.7 Å². The largest absolute Gasteiger partial charge is 0.416 e. The maximum atomic E-state index is 12.4. The fourth-order valence-electron chi connectivity index (χ4n) is 1.62. The van der Waals surface area contributed by atoms with Gasteiger partial charge in [-0.25, -0.2) is 0 Å². The molecular formula is C13H15F3N2. The first kappa shape index (κ1) is 14.6. The van der Waals surface area contributed by atoms with E-state index >= 15 is 0 Å². The highest BCUT2D eigenvalue weighted by atomic mass is 19.4. The molecule has 2 nitrogen and oxygen atoms in total. The Balaban J connectivity index is 2.65. The first-order valence-electron chi connectivity index (χ1n) is 5.53. The molecular weight excluding hydrogens is 241 g/mol. The Morgan fingerprint density at radius 3 is 2.33 bits per heavy atom. The Morgan fingerprint density at radius 1 is 1.28 bits per heavy atom. The summed E-state index contributed by atoms with van der Waals surface area (Å²) in [6.45, 7) is 0. The summed E-state index contributed by atoms with van der Waals surface area (Å²) in [6, 6.07) is 5.04. The lowest BCUT2D eigenvalue weighted by Gasteiger charge is -2.15. The number of nitrogens with one attached hydrogen (secondary N) is 1. The van der Waals surface area contributed by atoms with E-state index in [-0.39, 0.29) is 6.04 Å². The second-order valence-electron chi connectivity index (χ2n) is 4.01. The van der Waals surface area contributed by atoms with Gasteiger partial charge >= 0.3 is 6.18 Å². The molecule has 0 aromatic heterocycles. The van der Waals surface area contributed by atoms with Gasteiger partial charge in [0.05, 0.1) is 5.56 Å². The van der Waals surface area contributed by atoms with Gasteiger partial charge in [0.25, 0.3) is 0 Å². The van der Waals surface area contributed by atoms with Gasteiger partial charge in [-0.05, 0) is 30.5 Å². The molecule has 3 N–H and O–H groups in total. The zero-order valence-electron chi connectivity index (χ0n) is 9.80. The topological polar surface area (TPSA) is 38.0 Å². The van der Waals surface area contributed by atoms with Gasteiger partial charge in [0.15, 0.2) is 0 Å². The summed E-state index contributed by atoms with van der Waals surface area (Å²) in [5.41, 5.74) is 2.76. The van der Waals surface area contributed by atoms with Gasteiger partial charge in [-0.15, -0.1) is 12.3 Å². The third-order valence-electron chi connectivity index (χ3n) is 2.64. The zero-order valence-corrected chi connectivity index (χ0v) is 9.80. The van der Waals surface area contributed by atoms with Crippen molar-refractivity contribution in [1.29, 1.82) is 0 Å². The number of nitrogens with two attached hydrogens (primary N) is 1. The average Bonchev–Trinajstić information content (AvgIpc) is 2.34. The van der Waals surface area contributed by atoms with Gasteiger partial charge in [0, 0.05) is 12.5 Å². The van der Waals surface area contributed by atoms with Crippen molar-refractivity contribution >= 4 is 0 Å². The molecule has 18 heavy (non-hydrogen) atoms. The molecule has 0 saturated heterocycles. The second kappa shape index (κ2) is 6.43. The molecule has 0 aliphatic heterocycles. The molecule has 0 aliphatic rings. The maximum Gasteiger partial charge on any atom is 0.416 e. The van der Waals surface area contributed by atoms with Crippen molar-refractivity contribution in [3.63, 3.8) is 0 Å². The molecule has 1 unspecified atom stereocenters. The van der Waals surface area contributed by atoms with Crippen LogP contribution in [0.25, 0.3) is 0 Å². The average molecular weight is 256 g/mol. The monoisotopic (exact) mass is 256 g/mol. The summed E-state index contributed by atoms with van der Waals surface area (Å²) in [6.07, 6.45) is 2.67. The lowest BCUT2D eigenvalue weighted by molar-refractivity contribution is -0.137. The van der Waals surface area contributed by atoms with Crippen LogP contribution in [0.5, 0.6) is 0 Å². The van der Waals surface area contributed by atoms with Gasteiger partial charge in [-0.2, -0.15) is 13.2 Å². The number of hydrogen-bond acceptors (Lipinski definition) is 2. The number of terminal acetylenes is 1. The number of hydrogen-bond donors (Lipinski definition) is 2. The summed E-state index contributed by atoms with van der Waals surface area (Å²) >= 11 is 0. The molecule has 0 fully saturated rings. The first-order valence-corrected chi connectivity index (χ1v) is 5.53. The predicted octanol–water partition coefficient (Wildman–Crippen LogP) is 2.49. The van der Waals surface area contributed by atoms with Crippen molar-refractivity contribution in [3.8, 4) is 12.3 Å². The van der Waals surface area contributed by atoms with Crippen LogP contribution in [0.1, 0.15) is 24.0 Å². The minimum absolute atomic E-state index is 0.0298. The van der Waals surface area contributed by atoms with Crippen LogP contribution in [0.3, 0.4) is 0 Å². The third kappa shape index (κ3) is 4.40. The third-order valence-corrected chi connectivity index (χ3v) is 2.64. The molecule has 0 radical (unpaired) electrons. The van der Waals surface area contributed by atoms with Crippen LogP contribution in [0, 0.1) is 12.3 Å². The standard InChI is InChI=1S/C13H15F3N2/c1-2-3-4-12(18-17)9-10-5-7-11(8-6-10)13(14,15)16/h1,5-8,12,18H,3-4,9,17H2. The number of alkyl halides is 3. The van der Waals surface area contributed by atoms with Crippen molar-refractivity contribution in [2.45, 2.75) is 31.5 Å². The van der Waals surface area contributed by atoms with Crippen molar-refractivity contribution < 1.29 is 13.2 Å². The lowest BCUT2D eigenvalue weighted by Crippen LogP contribution is -2.36. The van der Waals surface area contributed by atoms with Crippen LogP contribution >= 0.6 is 0 Å². The molecule has 0 aliphatic carbocycles. The molecule has 0 heterocycles. The van der Waals surface area contributed by atoms with Crippen molar-refractivity contribution in [2.75, 3.05) is 0 Å². The van der Waals surface area contributed by atoms with Crippen LogP contribution < -0.4 is 11.3 Å². The van der Waals surface area contributed by atoms with Gasteiger partial charge in [-0.3, -0.25) is 11.3 Å². The van der Waals surface area contributed by atoms with Crippen molar-refractivity contribution in [2.24, 2.45) is 5.84 Å². The maximum absolute atomic E-state index is 12.4. The molecule has 1 rings (SSSR count). The Morgan fingerprint density at radius 2 is 1.89 bits per heavy atom. The molecule has 0 spiro atoms. The highest BCUT2D eigenvalue weighted by molar-refractivity contribution is 5.25. The van der Waals surface area contributed by atoms with E-state index in [4.69, 9.17) is 12.3 Å². The number of benzene rings is 1. The lowest BCUT2D eigenvalue weighted by atomic mass is 10.0. The Labute approximate surface area is 104 Å². The molecule has 1 aromatic carbocycles. The highest BCUT2D eigenvalue weighted by Crippen LogP contribution is 2.29. The van der Waals surface area contributed by atoms with E-state index in [1.165, 1.54) is 12.1 Å². The smallest absolute Gasteiger partial charge is 0.271 e. The van der Waals surface area contributed by atoms with E-state index in [2.05, 4.69) is 11.3 Å². The zero-order chi connectivity index (χ0) is 13.6. The molecule has 98 valence electrons. The van der Waals surface area contributed by atoms with E-state index in [1.807, 2.05) is 0 Å². The minimum Gasteiger partial charge on any atom is -0.271 e. The molecule has 5 heteroatoms. The first-order chi connectivity index (χ1) is 8.47. The van der Waals surface area contributed by atoms with Crippen LogP contribution in [-0.4, -0.2) is 6.04 Å². The molecule has 1 atom stereocenters. The van der Waals surface area contributed by atoms with Gasteiger partial charge in [0.1, 0.15) is 0 Å². The van der Waals surface area contributed by atoms with E-state index in [1.54, 1.807) is 0 Å². The quantitative estimate of drug-likeness (QED) is 0.482. The summed E-state index contributed by atoms with van der Waals surface area (Å²) in [7, 11) is 0. The van der Waals surface area contributed by atoms with Crippen LogP contribution in [0.2, 0.25) is 0 Å². The summed E-state index contributed by atoms with van der Waals surface area (Å²) in [4.78, 5) is 0. The molecule has 0 amide bonds. The molecule has 1 aromatic rings. The molecule has 0 bridgehead atoms. The highest BCUT2D eigenvalue weighted by Gasteiger charge is 2.29. The van der Waals surface area contributed by atoms with Gasteiger partial charge in [0.2, 0.25) is 0 Å². The number of hydrazine groups is 1.